The number of hydrogen-bond acceptors (Lipinski definition) is 5. The molecule has 6 heteroatoms. The van der Waals surface area contributed by atoms with Crippen LogP contribution < -0.4 is 10.1 Å². The molecule has 1 aromatic heterocycles. The first-order chi connectivity index (χ1) is 10.7. The molecular weight excluding hydrogens is 286 g/mol. The highest BCUT2D eigenvalue weighted by molar-refractivity contribution is 5.91. The Balaban J connectivity index is 1.78. The van der Waals surface area contributed by atoms with E-state index in [1.165, 1.54) is 6.26 Å². The van der Waals surface area contributed by atoms with Crippen molar-refractivity contribution in [3.63, 3.8) is 0 Å². The largest absolute Gasteiger partial charge is 0.494 e. The second-order valence-corrected chi connectivity index (χ2v) is 4.92. The number of nitrogens with one attached hydrogen (secondary N) is 1. The third-order valence-electron chi connectivity index (χ3n) is 3.39. The number of benzene rings is 1. The van der Waals surface area contributed by atoms with Crippen LogP contribution in [0.2, 0.25) is 0 Å². The van der Waals surface area contributed by atoms with Gasteiger partial charge in [-0.2, -0.15) is 0 Å². The summed E-state index contributed by atoms with van der Waals surface area (Å²) in [6.45, 7) is 2.66. The summed E-state index contributed by atoms with van der Waals surface area (Å²) in [6.07, 6.45) is 1.33. The number of para-hydroxylation sites is 1. The average molecular weight is 303 g/mol. The molecule has 1 aliphatic rings. The Bertz CT molecular complexity index is 718. The van der Waals surface area contributed by atoms with Crippen LogP contribution in [-0.2, 0) is 14.3 Å². The molecule has 2 heterocycles. The van der Waals surface area contributed by atoms with Crippen molar-refractivity contribution >= 4 is 16.9 Å². The van der Waals surface area contributed by atoms with Crippen LogP contribution in [0.3, 0.4) is 0 Å². The van der Waals surface area contributed by atoms with Crippen molar-refractivity contribution in [1.29, 1.82) is 0 Å². The number of fused-ring (bicyclic) bond motifs is 1. The van der Waals surface area contributed by atoms with Crippen LogP contribution in [0.25, 0.3) is 11.0 Å². The number of furan rings is 1. The molecule has 1 N–H and O–H groups in total. The van der Waals surface area contributed by atoms with Crippen molar-refractivity contribution in [3.8, 4) is 5.75 Å². The van der Waals surface area contributed by atoms with Crippen molar-refractivity contribution < 1.29 is 23.4 Å². The third kappa shape index (κ3) is 2.72. The molecule has 0 spiro atoms. The minimum atomic E-state index is -0.334. The highest BCUT2D eigenvalue weighted by atomic mass is 16.6. The topological polar surface area (TPSA) is 69.9 Å². The molecule has 0 radical (unpaired) electrons. The van der Waals surface area contributed by atoms with E-state index in [9.17, 15) is 4.79 Å². The summed E-state index contributed by atoms with van der Waals surface area (Å²) in [6, 6.07) is 7.23. The summed E-state index contributed by atoms with van der Waals surface area (Å²) in [7, 11) is 1.59. The molecule has 0 bridgehead atoms. The summed E-state index contributed by atoms with van der Waals surface area (Å²) in [5, 5.41) is 3.74. The van der Waals surface area contributed by atoms with Crippen LogP contribution in [0.5, 0.6) is 5.75 Å². The van der Waals surface area contributed by atoms with Gasteiger partial charge in [-0.25, -0.2) is 0 Å². The SMILES string of the molecule is COc1cccc2cc(C(C)NC(=O)C3=COCCO3)oc12. The van der Waals surface area contributed by atoms with Gasteiger partial charge in [0.25, 0.3) is 5.91 Å². The highest BCUT2D eigenvalue weighted by Crippen LogP contribution is 2.30. The number of rotatable bonds is 4. The van der Waals surface area contributed by atoms with Crippen molar-refractivity contribution in [3.05, 3.63) is 42.0 Å². The first kappa shape index (κ1) is 14.3. The number of methoxy groups -OCH3 is 1. The van der Waals surface area contributed by atoms with Crippen molar-refractivity contribution in [1.82, 2.24) is 5.32 Å². The predicted octanol–water partition coefficient (Wildman–Crippen LogP) is 2.51. The van der Waals surface area contributed by atoms with Crippen LogP contribution in [0.1, 0.15) is 18.7 Å². The van der Waals surface area contributed by atoms with Gasteiger partial charge in [0.1, 0.15) is 25.2 Å². The van der Waals surface area contributed by atoms with Gasteiger partial charge in [-0.1, -0.05) is 12.1 Å². The normalized spacial score (nSPS) is 15.5. The van der Waals surface area contributed by atoms with E-state index in [2.05, 4.69) is 5.32 Å². The molecule has 1 amide bonds. The van der Waals surface area contributed by atoms with Crippen molar-refractivity contribution in [2.45, 2.75) is 13.0 Å². The first-order valence-corrected chi connectivity index (χ1v) is 7.01. The molecule has 22 heavy (non-hydrogen) atoms. The summed E-state index contributed by atoms with van der Waals surface area (Å²) < 4.78 is 21.4. The zero-order valence-corrected chi connectivity index (χ0v) is 12.4. The van der Waals surface area contributed by atoms with Gasteiger partial charge >= 0.3 is 0 Å². The van der Waals surface area contributed by atoms with E-state index in [1.807, 2.05) is 31.2 Å². The first-order valence-electron chi connectivity index (χ1n) is 7.01. The second-order valence-electron chi connectivity index (χ2n) is 4.92. The molecule has 0 aliphatic carbocycles. The average Bonchev–Trinajstić information content (AvgIpc) is 2.99. The van der Waals surface area contributed by atoms with Gasteiger partial charge in [0.15, 0.2) is 11.3 Å². The van der Waals surface area contributed by atoms with Crippen LogP contribution in [0, 0.1) is 0 Å². The Hall–Kier alpha value is -2.63. The van der Waals surface area contributed by atoms with E-state index in [1.54, 1.807) is 7.11 Å². The van der Waals surface area contributed by atoms with Gasteiger partial charge in [-0.05, 0) is 19.1 Å². The van der Waals surface area contributed by atoms with E-state index in [-0.39, 0.29) is 17.7 Å². The Morgan fingerprint density at radius 2 is 2.23 bits per heavy atom. The second kappa shape index (κ2) is 6.01. The molecule has 3 rings (SSSR count). The molecule has 1 aromatic carbocycles. The van der Waals surface area contributed by atoms with E-state index in [0.29, 0.717) is 30.3 Å². The number of carbonyl (C=O) groups excluding carboxylic acids is 1. The quantitative estimate of drug-likeness (QED) is 0.939. The molecule has 1 unspecified atom stereocenters. The maximum Gasteiger partial charge on any atom is 0.290 e. The molecular formula is C16H17NO5. The van der Waals surface area contributed by atoms with E-state index >= 15 is 0 Å². The van der Waals surface area contributed by atoms with Crippen LogP contribution >= 0.6 is 0 Å². The number of ether oxygens (including phenoxy) is 3. The number of hydrogen-bond donors (Lipinski definition) is 1. The number of carbonyl (C=O) groups is 1. The zero-order valence-electron chi connectivity index (χ0n) is 12.4. The fourth-order valence-electron chi connectivity index (χ4n) is 2.26. The third-order valence-corrected chi connectivity index (χ3v) is 3.39. The fraction of sp³-hybridized carbons (Fsp3) is 0.312. The lowest BCUT2D eigenvalue weighted by Crippen LogP contribution is -2.30. The van der Waals surface area contributed by atoms with E-state index < -0.39 is 0 Å². The predicted molar refractivity (Wildman–Crippen MR) is 79.3 cm³/mol. The van der Waals surface area contributed by atoms with Gasteiger partial charge in [0.05, 0.1) is 13.2 Å². The monoisotopic (exact) mass is 303 g/mol. The molecule has 1 aliphatic heterocycles. The fourth-order valence-corrected chi connectivity index (χ4v) is 2.26. The lowest BCUT2D eigenvalue weighted by molar-refractivity contribution is -0.123. The minimum Gasteiger partial charge on any atom is -0.494 e. The molecule has 0 saturated carbocycles. The lowest BCUT2D eigenvalue weighted by Gasteiger charge is -2.17. The molecule has 1 atom stereocenters. The summed E-state index contributed by atoms with van der Waals surface area (Å²) in [4.78, 5) is 12.1. The highest BCUT2D eigenvalue weighted by Gasteiger charge is 2.20. The summed E-state index contributed by atoms with van der Waals surface area (Å²) in [5.41, 5.74) is 0.664. The zero-order chi connectivity index (χ0) is 15.5. The van der Waals surface area contributed by atoms with Gasteiger partial charge in [0.2, 0.25) is 5.76 Å². The standard InChI is InChI=1S/C16H17NO5/c1-10(17-16(18)14-9-20-6-7-21-14)13-8-11-4-3-5-12(19-2)15(11)22-13/h3-5,8-10H,6-7H2,1-2H3,(H,17,18). The maximum atomic E-state index is 12.1. The summed E-state index contributed by atoms with van der Waals surface area (Å²) in [5.74, 6) is 1.14. The van der Waals surface area contributed by atoms with E-state index in [4.69, 9.17) is 18.6 Å². The van der Waals surface area contributed by atoms with Gasteiger partial charge in [0, 0.05) is 5.39 Å². The molecule has 0 saturated heterocycles. The van der Waals surface area contributed by atoms with Crippen LogP contribution in [-0.4, -0.2) is 26.2 Å². The van der Waals surface area contributed by atoms with Gasteiger partial charge in [-0.3, -0.25) is 4.79 Å². The van der Waals surface area contributed by atoms with E-state index in [0.717, 1.165) is 5.39 Å². The summed E-state index contributed by atoms with van der Waals surface area (Å²) >= 11 is 0. The Labute approximate surface area is 127 Å². The minimum absolute atomic E-state index is 0.173. The van der Waals surface area contributed by atoms with Crippen molar-refractivity contribution in [2.75, 3.05) is 20.3 Å². The smallest absolute Gasteiger partial charge is 0.290 e. The Morgan fingerprint density at radius 1 is 1.36 bits per heavy atom. The molecule has 2 aromatic rings. The van der Waals surface area contributed by atoms with Crippen molar-refractivity contribution in [2.24, 2.45) is 0 Å². The Kier molecular flexibility index (Phi) is 3.91. The molecule has 6 nitrogen and oxygen atoms in total. The lowest BCUT2D eigenvalue weighted by atomic mass is 10.2. The number of amides is 1. The molecule has 0 fully saturated rings. The van der Waals surface area contributed by atoms with Crippen LogP contribution in [0.15, 0.2) is 40.7 Å². The maximum absolute atomic E-state index is 12.1. The van der Waals surface area contributed by atoms with Gasteiger partial charge < -0.3 is 23.9 Å². The van der Waals surface area contributed by atoms with Gasteiger partial charge in [-0.15, -0.1) is 0 Å². The Morgan fingerprint density at radius 3 is 2.95 bits per heavy atom. The van der Waals surface area contributed by atoms with Crippen LogP contribution in [0.4, 0.5) is 0 Å². The molecule has 116 valence electrons.